The molecule has 0 spiro atoms. The van der Waals surface area contributed by atoms with E-state index < -0.39 is 11.7 Å². The van der Waals surface area contributed by atoms with Gasteiger partial charge in [0, 0.05) is 30.9 Å². The molecule has 0 aromatic carbocycles. The molecule has 0 saturated carbocycles. The average molecular weight is 265 g/mol. The van der Waals surface area contributed by atoms with E-state index in [-0.39, 0.29) is 5.92 Å². The first kappa shape index (κ1) is 15.4. The number of ether oxygens (including phenoxy) is 1. The number of carbonyl (C=O) groups excluding carboxylic acids is 1. The molecule has 19 heavy (non-hydrogen) atoms. The quantitative estimate of drug-likeness (QED) is 0.872. The second-order valence-electron chi connectivity index (χ2n) is 5.58. The molecule has 0 radical (unpaired) electrons. The van der Waals surface area contributed by atoms with Crippen LogP contribution < -0.4 is 11.1 Å². The van der Waals surface area contributed by atoms with Crippen molar-refractivity contribution in [3.63, 3.8) is 0 Å². The third-order valence-corrected chi connectivity index (χ3v) is 2.53. The highest BCUT2D eigenvalue weighted by molar-refractivity contribution is 5.67. The van der Waals surface area contributed by atoms with E-state index in [1.807, 2.05) is 39.8 Å². The van der Waals surface area contributed by atoms with Crippen LogP contribution >= 0.6 is 0 Å². The molecular weight excluding hydrogens is 242 g/mol. The molecule has 1 aromatic rings. The molecule has 1 heterocycles. The zero-order chi connectivity index (χ0) is 14.5. The molecule has 0 saturated heterocycles. The van der Waals surface area contributed by atoms with E-state index in [1.54, 1.807) is 6.20 Å². The van der Waals surface area contributed by atoms with Crippen molar-refractivity contribution in [1.29, 1.82) is 0 Å². The van der Waals surface area contributed by atoms with Crippen LogP contribution in [0.2, 0.25) is 0 Å². The summed E-state index contributed by atoms with van der Waals surface area (Å²) in [5.74, 6) is -0.00637. The van der Waals surface area contributed by atoms with E-state index in [2.05, 4.69) is 10.3 Å². The van der Waals surface area contributed by atoms with Gasteiger partial charge in [-0.05, 0) is 39.3 Å². The Kier molecular flexibility index (Phi) is 5.30. The molecule has 1 unspecified atom stereocenters. The van der Waals surface area contributed by atoms with Crippen LogP contribution in [-0.4, -0.2) is 29.8 Å². The normalized spacial score (nSPS) is 12.9. The van der Waals surface area contributed by atoms with Gasteiger partial charge in [0.25, 0.3) is 0 Å². The number of nitrogens with zero attached hydrogens (tertiary/aromatic N) is 1. The monoisotopic (exact) mass is 265 g/mol. The van der Waals surface area contributed by atoms with Crippen LogP contribution in [0.3, 0.4) is 0 Å². The topological polar surface area (TPSA) is 77.2 Å². The number of rotatable bonds is 4. The van der Waals surface area contributed by atoms with E-state index in [1.165, 1.54) is 0 Å². The fraction of sp³-hybridized carbons (Fsp3) is 0.571. The zero-order valence-corrected chi connectivity index (χ0v) is 12.1. The Hall–Kier alpha value is -1.62. The van der Waals surface area contributed by atoms with Gasteiger partial charge < -0.3 is 15.8 Å². The number of amides is 1. The van der Waals surface area contributed by atoms with Crippen LogP contribution in [0.25, 0.3) is 0 Å². The smallest absolute Gasteiger partial charge is 0.407 e. The number of nitrogens with one attached hydrogen (secondary N) is 1. The first-order chi connectivity index (χ1) is 8.81. The van der Waals surface area contributed by atoms with Crippen molar-refractivity contribution in [1.82, 2.24) is 10.3 Å². The van der Waals surface area contributed by atoms with E-state index in [0.717, 1.165) is 11.3 Å². The Morgan fingerprint density at radius 3 is 2.63 bits per heavy atom. The van der Waals surface area contributed by atoms with Gasteiger partial charge in [-0.15, -0.1) is 0 Å². The van der Waals surface area contributed by atoms with Gasteiger partial charge in [0.05, 0.1) is 0 Å². The molecule has 106 valence electrons. The Bertz CT molecular complexity index is 410. The van der Waals surface area contributed by atoms with Gasteiger partial charge in [-0.2, -0.15) is 0 Å². The standard InChI is InChI=1S/C14H23N3O2/c1-10-5-6-12(16-8-10)11(7-15)9-17-13(18)19-14(2,3)4/h5-6,8,11H,7,9,15H2,1-4H3,(H,17,18). The third kappa shape index (κ3) is 5.70. The molecule has 1 atom stereocenters. The summed E-state index contributed by atoms with van der Waals surface area (Å²) in [5.41, 5.74) is 7.20. The molecule has 0 fully saturated rings. The van der Waals surface area contributed by atoms with E-state index in [9.17, 15) is 4.79 Å². The van der Waals surface area contributed by atoms with Crippen LogP contribution in [-0.2, 0) is 4.74 Å². The SMILES string of the molecule is Cc1ccc(C(CN)CNC(=O)OC(C)(C)C)nc1. The molecule has 3 N–H and O–H groups in total. The number of hydrogen-bond acceptors (Lipinski definition) is 4. The summed E-state index contributed by atoms with van der Waals surface area (Å²) < 4.78 is 5.18. The Morgan fingerprint density at radius 1 is 1.47 bits per heavy atom. The Balaban J connectivity index is 2.54. The highest BCUT2D eigenvalue weighted by Gasteiger charge is 2.18. The number of hydrogen-bond donors (Lipinski definition) is 2. The van der Waals surface area contributed by atoms with Crippen molar-refractivity contribution < 1.29 is 9.53 Å². The van der Waals surface area contributed by atoms with Crippen molar-refractivity contribution in [2.75, 3.05) is 13.1 Å². The minimum atomic E-state index is -0.496. The van der Waals surface area contributed by atoms with E-state index >= 15 is 0 Å². The minimum Gasteiger partial charge on any atom is -0.444 e. The Morgan fingerprint density at radius 2 is 2.16 bits per heavy atom. The number of pyridine rings is 1. The second kappa shape index (κ2) is 6.52. The summed E-state index contributed by atoms with van der Waals surface area (Å²) in [4.78, 5) is 15.9. The van der Waals surface area contributed by atoms with Crippen molar-refractivity contribution in [2.45, 2.75) is 39.2 Å². The number of aryl methyl sites for hydroxylation is 1. The molecule has 5 heteroatoms. The molecule has 1 rings (SSSR count). The molecule has 0 bridgehead atoms. The molecule has 0 aliphatic carbocycles. The highest BCUT2D eigenvalue weighted by Crippen LogP contribution is 2.12. The van der Waals surface area contributed by atoms with Gasteiger partial charge in [-0.1, -0.05) is 6.07 Å². The van der Waals surface area contributed by atoms with Crippen LogP contribution in [0.5, 0.6) is 0 Å². The van der Waals surface area contributed by atoms with Gasteiger partial charge in [0.2, 0.25) is 0 Å². The van der Waals surface area contributed by atoms with Gasteiger partial charge in [-0.25, -0.2) is 4.79 Å². The van der Waals surface area contributed by atoms with Gasteiger partial charge >= 0.3 is 6.09 Å². The predicted octanol–water partition coefficient (Wildman–Crippen LogP) is 1.96. The summed E-state index contributed by atoms with van der Waals surface area (Å²) in [6.07, 6.45) is 1.36. The molecular formula is C14H23N3O2. The Labute approximate surface area is 114 Å². The van der Waals surface area contributed by atoms with Gasteiger partial charge in [-0.3, -0.25) is 4.98 Å². The number of carbonyl (C=O) groups is 1. The molecule has 5 nitrogen and oxygen atoms in total. The molecule has 0 aliphatic heterocycles. The molecule has 1 amide bonds. The lowest BCUT2D eigenvalue weighted by molar-refractivity contribution is 0.0524. The lowest BCUT2D eigenvalue weighted by Gasteiger charge is -2.21. The summed E-state index contributed by atoms with van der Waals surface area (Å²) in [6, 6.07) is 3.92. The van der Waals surface area contributed by atoms with Crippen molar-refractivity contribution in [3.05, 3.63) is 29.6 Å². The second-order valence-corrected chi connectivity index (χ2v) is 5.58. The molecule has 1 aromatic heterocycles. The largest absolute Gasteiger partial charge is 0.444 e. The summed E-state index contributed by atoms with van der Waals surface area (Å²) >= 11 is 0. The predicted molar refractivity (Wildman–Crippen MR) is 75.0 cm³/mol. The average Bonchev–Trinajstić information content (AvgIpc) is 2.29. The molecule has 0 aliphatic rings. The van der Waals surface area contributed by atoms with Crippen molar-refractivity contribution >= 4 is 6.09 Å². The lowest BCUT2D eigenvalue weighted by atomic mass is 10.0. The fourth-order valence-corrected chi connectivity index (χ4v) is 1.55. The number of alkyl carbamates (subject to hydrolysis) is 1. The van der Waals surface area contributed by atoms with Crippen LogP contribution in [0, 0.1) is 6.92 Å². The highest BCUT2D eigenvalue weighted by atomic mass is 16.6. The third-order valence-electron chi connectivity index (χ3n) is 2.53. The fourth-order valence-electron chi connectivity index (χ4n) is 1.55. The van der Waals surface area contributed by atoms with Crippen molar-refractivity contribution in [3.8, 4) is 0 Å². The maximum absolute atomic E-state index is 11.6. The minimum absolute atomic E-state index is 0.00637. The van der Waals surface area contributed by atoms with Crippen LogP contribution in [0.1, 0.15) is 37.9 Å². The maximum Gasteiger partial charge on any atom is 0.407 e. The van der Waals surface area contributed by atoms with Gasteiger partial charge in [0.1, 0.15) is 5.60 Å². The number of nitrogens with two attached hydrogens (primary N) is 1. The summed E-state index contributed by atoms with van der Waals surface area (Å²) in [5, 5.41) is 2.72. The van der Waals surface area contributed by atoms with E-state index in [4.69, 9.17) is 10.5 Å². The maximum atomic E-state index is 11.6. The van der Waals surface area contributed by atoms with Crippen LogP contribution in [0.15, 0.2) is 18.3 Å². The number of aromatic nitrogens is 1. The first-order valence-electron chi connectivity index (χ1n) is 6.41. The summed E-state index contributed by atoms with van der Waals surface area (Å²) in [7, 11) is 0. The van der Waals surface area contributed by atoms with Gasteiger partial charge in [0.15, 0.2) is 0 Å². The first-order valence-corrected chi connectivity index (χ1v) is 6.41. The van der Waals surface area contributed by atoms with E-state index in [0.29, 0.717) is 13.1 Å². The lowest BCUT2D eigenvalue weighted by Crippen LogP contribution is -2.36. The van der Waals surface area contributed by atoms with Crippen molar-refractivity contribution in [2.24, 2.45) is 5.73 Å². The van der Waals surface area contributed by atoms with Crippen LogP contribution in [0.4, 0.5) is 4.79 Å². The summed E-state index contributed by atoms with van der Waals surface area (Å²) in [6.45, 7) is 8.30. The zero-order valence-electron chi connectivity index (χ0n) is 12.1.